The molecule has 1 nitrogen and oxygen atoms in total. The molecule has 18 heavy (non-hydrogen) atoms. The number of unbranched alkanes of at least 4 members (excludes halogenated alkanes) is 1. The van der Waals surface area contributed by atoms with Crippen LogP contribution in [0.15, 0.2) is 18.2 Å². The highest BCUT2D eigenvalue weighted by Crippen LogP contribution is 2.13. The molecule has 0 aliphatic heterocycles. The van der Waals surface area contributed by atoms with E-state index < -0.39 is 0 Å². The zero-order valence-electron chi connectivity index (χ0n) is 11.9. The van der Waals surface area contributed by atoms with Crippen LogP contribution in [-0.4, -0.2) is 6.54 Å². The Morgan fingerprint density at radius 2 is 2.06 bits per heavy atom. The maximum Gasteiger partial charge on any atom is 0.127 e. The van der Waals surface area contributed by atoms with Gasteiger partial charge in [-0.3, -0.25) is 0 Å². The van der Waals surface area contributed by atoms with E-state index in [1.54, 1.807) is 6.07 Å². The largest absolute Gasteiger partial charge is 0.312 e. The lowest BCUT2D eigenvalue weighted by Crippen LogP contribution is -2.22. The molecule has 0 fully saturated rings. The lowest BCUT2D eigenvalue weighted by molar-refractivity contribution is 0.417. The Morgan fingerprint density at radius 3 is 2.72 bits per heavy atom. The zero-order valence-corrected chi connectivity index (χ0v) is 11.9. The SMILES string of the molecule is CCCCC(CC)CNCc1cc(C)ccc1F. The minimum absolute atomic E-state index is 0.102. The van der Waals surface area contributed by atoms with E-state index in [-0.39, 0.29) is 5.82 Å². The summed E-state index contributed by atoms with van der Waals surface area (Å²) < 4.78 is 13.5. The molecule has 1 N–H and O–H groups in total. The fourth-order valence-corrected chi connectivity index (χ4v) is 2.19. The molecular weight excluding hydrogens is 225 g/mol. The van der Waals surface area contributed by atoms with Crippen LogP contribution in [0.4, 0.5) is 4.39 Å². The van der Waals surface area contributed by atoms with E-state index in [0.29, 0.717) is 6.54 Å². The molecule has 0 bridgehead atoms. The van der Waals surface area contributed by atoms with Crippen LogP contribution in [0.5, 0.6) is 0 Å². The molecule has 1 unspecified atom stereocenters. The molecule has 0 aliphatic carbocycles. The Morgan fingerprint density at radius 1 is 1.28 bits per heavy atom. The van der Waals surface area contributed by atoms with Crippen molar-refractivity contribution in [3.8, 4) is 0 Å². The number of aryl methyl sites for hydroxylation is 1. The van der Waals surface area contributed by atoms with Crippen molar-refractivity contribution >= 4 is 0 Å². The standard InChI is InChI=1S/C16H26FN/c1-4-6-7-14(5-2)11-18-12-15-10-13(3)8-9-16(15)17/h8-10,14,18H,4-7,11-12H2,1-3H3. The predicted octanol–water partition coefficient (Wildman–Crippen LogP) is 4.44. The van der Waals surface area contributed by atoms with Crippen molar-refractivity contribution in [2.24, 2.45) is 5.92 Å². The number of nitrogens with one attached hydrogen (secondary N) is 1. The second kappa shape index (κ2) is 8.25. The van der Waals surface area contributed by atoms with Gasteiger partial charge in [0.05, 0.1) is 0 Å². The monoisotopic (exact) mass is 251 g/mol. The first-order valence-corrected chi connectivity index (χ1v) is 7.13. The first-order valence-electron chi connectivity index (χ1n) is 7.13. The summed E-state index contributed by atoms with van der Waals surface area (Å²) in [6.07, 6.45) is 5.02. The molecule has 1 aromatic carbocycles. The van der Waals surface area contributed by atoms with Crippen LogP contribution in [-0.2, 0) is 6.54 Å². The van der Waals surface area contributed by atoms with Gasteiger partial charge in [0.1, 0.15) is 5.82 Å². The van der Waals surface area contributed by atoms with Crippen molar-refractivity contribution in [1.82, 2.24) is 5.32 Å². The molecule has 0 aliphatic rings. The van der Waals surface area contributed by atoms with Gasteiger partial charge in [0, 0.05) is 12.1 Å². The normalized spacial score (nSPS) is 12.7. The van der Waals surface area contributed by atoms with Crippen LogP contribution in [0.3, 0.4) is 0 Å². The van der Waals surface area contributed by atoms with E-state index in [1.807, 2.05) is 19.1 Å². The average Bonchev–Trinajstić information content (AvgIpc) is 2.37. The summed E-state index contributed by atoms with van der Waals surface area (Å²) in [6.45, 7) is 8.08. The van der Waals surface area contributed by atoms with Crippen molar-refractivity contribution in [1.29, 1.82) is 0 Å². The van der Waals surface area contributed by atoms with Gasteiger partial charge in [0.25, 0.3) is 0 Å². The van der Waals surface area contributed by atoms with Gasteiger partial charge < -0.3 is 5.32 Å². The fourth-order valence-electron chi connectivity index (χ4n) is 2.19. The minimum atomic E-state index is -0.102. The molecular formula is C16H26FN. The van der Waals surface area contributed by atoms with Crippen LogP contribution >= 0.6 is 0 Å². The van der Waals surface area contributed by atoms with Crippen LogP contribution in [0.1, 0.15) is 50.7 Å². The van der Waals surface area contributed by atoms with Crippen molar-refractivity contribution in [2.45, 2.75) is 53.0 Å². The second-order valence-corrected chi connectivity index (χ2v) is 5.14. The summed E-state index contributed by atoms with van der Waals surface area (Å²) in [4.78, 5) is 0. The van der Waals surface area contributed by atoms with Gasteiger partial charge in [-0.1, -0.05) is 50.8 Å². The zero-order chi connectivity index (χ0) is 13.4. The number of benzene rings is 1. The lowest BCUT2D eigenvalue weighted by atomic mass is 9.99. The van der Waals surface area contributed by atoms with Gasteiger partial charge >= 0.3 is 0 Å². The third kappa shape index (κ3) is 5.18. The quantitative estimate of drug-likeness (QED) is 0.720. The number of rotatable bonds is 8. The molecule has 1 atom stereocenters. The molecule has 0 saturated carbocycles. The van der Waals surface area contributed by atoms with Crippen LogP contribution in [0.25, 0.3) is 0 Å². The summed E-state index contributed by atoms with van der Waals surface area (Å²) in [6, 6.07) is 5.30. The molecule has 0 aromatic heterocycles. The van der Waals surface area contributed by atoms with Crippen LogP contribution in [0.2, 0.25) is 0 Å². The third-order valence-electron chi connectivity index (χ3n) is 3.49. The summed E-state index contributed by atoms with van der Waals surface area (Å²) in [5.74, 6) is 0.618. The summed E-state index contributed by atoms with van der Waals surface area (Å²) in [5.41, 5.74) is 1.89. The van der Waals surface area contributed by atoms with Crippen molar-refractivity contribution in [3.63, 3.8) is 0 Å². The van der Waals surface area contributed by atoms with Crippen LogP contribution < -0.4 is 5.32 Å². The van der Waals surface area contributed by atoms with E-state index in [4.69, 9.17) is 0 Å². The summed E-state index contributed by atoms with van der Waals surface area (Å²) >= 11 is 0. The molecule has 0 spiro atoms. The number of hydrogen-bond acceptors (Lipinski definition) is 1. The molecule has 2 heteroatoms. The Labute approximate surface area is 111 Å². The topological polar surface area (TPSA) is 12.0 Å². The van der Waals surface area contributed by atoms with Gasteiger partial charge in [-0.2, -0.15) is 0 Å². The van der Waals surface area contributed by atoms with Gasteiger partial charge in [0.2, 0.25) is 0 Å². The van der Waals surface area contributed by atoms with Gasteiger partial charge in [-0.05, 0) is 31.9 Å². The van der Waals surface area contributed by atoms with E-state index in [2.05, 4.69) is 19.2 Å². The van der Waals surface area contributed by atoms with Gasteiger partial charge in [0.15, 0.2) is 0 Å². The maximum atomic E-state index is 13.5. The minimum Gasteiger partial charge on any atom is -0.312 e. The maximum absolute atomic E-state index is 13.5. The van der Waals surface area contributed by atoms with Crippen molar-refractivity contribution < 1.29 is 4.39 Å². The highest BCUT2D eigenvalue weighted by molar-refractivity contribution is 5.23. The third-order valence-corrected chi connectivity index (χ3v) is 3.49. The molecule has 102 valence electrons. The average molecular weight is 251 g/mol. The molecule has 0 heterocycles. The highest BCUT2D eigenvalue weighted by Gasteiger charge is 2.06. The highest BCUT2D eigenvalue weighted by atomic mass is 19.1. The van der Waals surface area contributed by atoms with E-state index in [1.165, 1.54) is 25.7 Å². The number of halogens is 1. The Hall–Kier alpha value is -0.890. The van der Waals surface area contributed by atoms with Gasteiger partial charge in [-0.25, -0.2) is 4.39 Å². The Balaban J connectivity index is 2.37. The summed E-state index contributed by atoms with van der Waals surface area (Å²) in [7, 11) is 0. The fraction of sp³-hybridized carbons (Fsp3) is 0.625. The number of hydrogen-bond donors (Lipinski definition) is 1. The lowest BCUT2D eigenvalue weighted by Gasteiger charge is -2.15. The molecule has 1 aromatic rings. The van der Waals surface area contributed by atoms with Crippen molar-refractivity contribution in [2.75, 3.05) is 6.54 Å². The first-order chi connectivity index (χ1) is 8.67. The Kier molecular flexibility index (Phi) is 6.96. The van der Waals surface area contributed by atoms with Crippen molar-refractivity contribution in [3.05, 3.63) is 35.1 Å². The molecule has 1 rings (SSSR count). The molecule has 0 amide bonds. The molecule has 0 radical (unpaired) electrons. The first kappa shape index (κ1) is 15.2. The smallest absolute Gasteiger partial charge is 0.127 e. The molecule has 0 saturated heterocycles. The second-order valence-electron chi connectivity index (χ2n) is 5.14. The Bertz CT molecular complexity index is 349. The van der Waals surface area contributed by atoms with Crippen LogP contribution in [0, 0.1) is 18.7 Å². The summed E-state index contributed by atoms with van der Waals surface area (Å²) in [5, 5.41) is 3.39. The van der Waals surface area contributed by atoms with E-state index >= 15 is 0 Å². The van der Waals surface area contributed by atoms with E-state index in [9.17, 15) is 4.39 Å². The van der Waals surface area contributed by atoms with Gasteiger partial charge in [-0.15, -0.1) is 0 Å². The predicted molar refractivity (Wildman–Crippen MR) is 76.1 cm³/mol. The van der Waals surface area contributed by atoms with E-state index in [0.717, 1.165) is 23.6 Å².